The summed E-state index contributed by atoms with van der Waals surface area (Å²) in [5.41, 5.74) is 2.92. The van der Waals surface area contributed by atoms with E-state index >= 15 is 0 Å². The predicted molar refractivity (Wildman–Crippen MR) is 82.9 cm³/mol. The van der Waals surface area contributed by atoms with Gasteiger partial charge in [-0.05, 0) is 19.1 Å². The summed E-state index contributed by atoms with van der Waals surface area (Å²) in [6.07, 6.45) is 3.97. The van der Waals surface area contributed by atoms with Crippen molar-refractivity contribution in [3.63, 3.8) is 0 Å². The van der Waals surface area contributed by atoms with Crippen molar-refractivity contribution in [2.45, 2.75) is 20.1 Å². The van der Waals surface area contributed by atoms with Crippen LogP contribution in [-0.2, 0) is 22.7 Å². The number of aromatic nitrogens is 1. The van der Waals surface area contributed by atoms with Gasteiger partial charge in [0.2, 0.25) is 0 Å². The number of aliphatic hydroxyl groups excluding tert-OH is 1. The lowest BCUT2D eigenvalue weighted by Gasteiger charge is -2.07. The maximum absolute atomic E-state index is 11.6. The molecule has 0 atom stereocenters. The third-order valence-corrected chi connectivity index (χ3v) is 3.10. The number of nitrogens with one attached hydrogen (secondary N) is 2. The first-order valence-electron chi connectivity index (χ1n) is 6.94. The second-order valence-electron chi connectivity index (χ2n) is 4.75. The van der Waals surface area contributed by atoms with Crippen LogP contribution in [0.25, 0.3) is 0 Å². The molecule has 0 unspecified atom stereocenters. The van der Waals surface area contributed by atoms with Crippen LogP contribution in [0.2, 0.25) is 0 Å². The molecule has 0 saturated heterocycles. The van der Waals surface area contributed by atoms with Crippen molar-refractivity contribution in [3.05, 3.63) is 47.2 Å². The van der Waals surface area contributed by atoms with E-state index in [1.807, 2.05) is 5.43 Å². The fraction of sp³-hybridized carbons (Fsp3) is 0.200. The van der Waals surface area contributed by atoms with Gasteiger partial charge < -0.3 is 19.9 Å². The number of aryl methyl sites for hydroxylation is 1. The molecule has 2 heterocycles. The molecule has 2 aromatic rings. The first-order valence-corrected chi connectivity index (χ1v) is 6.94. The van der Waals surface area contributed by atoms with Crippen LogP contribution < -0.4 is 10.7 Å². The highest BCUT2D eigenvalue weighted by molar-refractivity contribution is 6.35. The average Bonchev–Trinajstić information content (AvgIpc) is 3.10. The summed E-state index contributed by atoms with van der Waals surface area (Å²) in [7, 11) is 0. The van der Waals surface area contributed by atoms with Crippen molar-refractivity contribution in [3.8, 4) is 5.75 Å². The molecule has 126 valence electrons. The molecule has 2 aromatic heterocycles. The minimum absolute atomic E-state index is 0.0714. The van der Waals surface area contributed by atoms with Crippen LogP contribution in [0.1, 0.15) is 22.6 Å². The van der Waals surface area contributed by atoms with Crippen LogP contribution in [-0.4, -0.2) is 33.2 Å². The molecular weight excluding hydrogens is 316 g/mol. The van der Waals surface area contributed by atoms with Crippen LogP contribution in [0.3, 0.4) is 0 Å². The second-order valence-corrected chi connectivity index (χ2v) is 4.75. The maximum atomic E-state index is 11.6. The summed E-state index contributed by atoms with van der Waals surface area (Å²) in [6.45, 7) is 1.29. The number of amides is 2. The van der Waals surface area contributed by atoms with Gasteiger partial charge in [0.25, 0.3) is 0 Å². The standard InChI is InChI=1S/C15H16N4O5/c1-9-13(21)12(10(8-20)5-16-9)7-18-19-15(23)14(22)17-6-11-3-2-4-24-11/h2-5,7,20-21H,6,8H2,1H3,(H,17,22)(H,19,23)/b18-7+. The molecule has 2 rings (SSSR count). The SMILES string of the molecule is Cc1ncc(CO)c(/C=N/NC(=O)C(=O)NCc2ccco2)c1O. The molecule has 24 heavy (non-hydrogen) atoms. The molecule has 0 aliphatic heterocycles. The molecule has 0 saturated carbocycles. The van der Waals surface area contributed by atoms with E-state index in [2.05, 4.69) is 15.4 Å². The summed E-state index contributed by atoms with van der Waals surface area (Å²) in [5, 5.41) is 25.1. The van der Waals surface area contributed by atoms with Crippen LogP contribution in [0, 0.1) is 6.92 Å². The number of carbonyl (C=O) groups is 2. The van der Waals surface area contributed by atoms with Crippen LogP contribution in [0.5, 0.6) is 5.75 Å². The number of rotatable bonds is 5. The van der Waals surface area contributed by atoms with Crippen molar-refractivity contribution in [2.75, 3.05) is 0 Å². The Morgan fingerprint density at radius 3 is 2.88 bits per heavy atom. The van der Waals surface area contributed by atoms with Gasteiger partial charge in [0, 0.05) is 17.3 Å². The molecule has 0 bridgehead atoms. The van der Waals surface area contributed by atoms with Gasteiger partial charge >= 0.3 is 11.8 Å². The summed E-state index contributed by atoms with van der Waals surface area (Å²) in [6, 6.07) is 3.31. The van der Waals surface area contributed by atoms with Crippen molar-refractivity contribution in [2.24, 2.45) is 5.10 Å². The molecule has 4 N–H and O–H groups in total. The Balaban J connectivity index is 1.94. The van der Waals surface area contributed by atoms with E-state index in [1.165, 1.54) is 12.5 Å². The van der Waals surface area contributed by atoms with Crippen LogP contribution >= 0.6 is 0 Å². The number of furan rings is 1. The van der Waals surface area contributed by atoms with E-state index in [1.54, 1.807) is 19.1 Å². The van der Waals surface area contributed by atoms with Crippen LogP contribution in [0.4, 0.5) is 0 Å². The number of hydrogen-bond acceptors (Lipinski definition) is 7. The smallest absolute Gasteiger partial charge is 0.329 e. The Bertz CT molecular complexity index is 755. The molecule has 9 heteroatoms. The molecule has 0 radical (unpaired) electrons. The largest absolute Gasteiger partial charge is 0.505 e. The van der Waals surface area contributed by atoms with E-state index in [4.69, 9.17) is 4.42 Å². The number of hydrazone groups is 1. The zero-order valence-electron chi connectivity index (χ0n) is 12.8. The van der Waals surface area contributed by atoms with Gasteiger partial charge in [-0.25, -0.2) is 5.43 Å². The number of nitrogens with zero attached hydrogens (tertiary/aromatic N) is 2. The number of hydrogen-bond donors (Lipinski definition) is 4. The topological polar surface area (TPSA) is 137 Å². The van der Waals surface area contributed by atoms with Gasteiger partial charge in [-0.1, -0.05) is 0 Å². The summed E-state index contributed by atoms with van der Waals surface area (Å²) < 4.78 is 5.02. The lowest BCUT2D eigenvalue weighted by molar-refractivity contribution is -0.139. The molecule has 9 nitrogen and oxygen atoms in total. The van der Waals surface area contributed by atoms with E-state index in [-0.39, 0.29) is 24.5 Å². The lowest BCUT2D eigenvalue weighted by atomic mass is 10.1. The molecule has 0 aliphatic carbocycles. The zero-order valence-corrected chi connectivity index (χ0v) is 12.8. The maximum Gasteiger partial charge on any atom is 0.329 e. The first kappa shape index (κ1) is 17.2. The molecule has 0 aromatic carbocycles. The highest BCUT2D eigenvalue weighted by Gasteiger charge is 2.13. The fourth-order valence-corrected chi connectivity index (χ4v) is 1.79. The van der Waals surface area contributed by atoms with Gasteiger partial charge in [0.1, 0.15) is 11.5 Å². The minimum Gasteiger partial charge on any atom is -0.505 e. The third-order valence-electron chi connectivity index (χ3n) is 3.10. The average molecular weight is 332 g/mol. The molecule has 0 spiro atoms. The quantitative estimate of drug-likeness (QED) is 0.344. The molecular formula is C15H16N4O5. The molecule has 2 amide bonds. The van der Waals surface area contributed by atoms with E-state index in [0.29, 0.717) is 17.0 Å². The van der Waals surface area contributed by atoms with E-state index < -0.39 is 11.8 Å². The number of pyridine rings is 1. The predicted octanol–water partition coefficient (Wildman–Crippen LogP) is -0.0526. The summed E-state index contributed by atoms with van der Waals surface area (Å²) in [4.78, 5) is 27.1. The van der Waals surface area contributed by atoms with Gasteiger partial charge in [0.15, 0.2) is 0 Å². The van der Waals surface area contributed by atoms with Crippen molar-refractivity contribution in [1.29, 1.82) is 0 Å². The van der Waals surface area contributed by atoms with E-state index in [9.17, 15) is 19.8 Å². The number of aromatic hydroxyl groups is 1. The highest BCUT2D eigenvalue weighted by Crippen LogP contribution is 2.21. The normalized spacial score (nSPS) is 10.8. The molecule has 0 aliphatic rings. The van der Waals surface area contributed by atoms with Crippen molar-refractivity contribution < 1.29 is 24.2 Å². The Hall–Kier alpha value is -3.20. The Morgan fingerprint density at radius 2 is 2.21 bits per heavy atom. The lowest BCUT2D eigenvalue weighted by Crippen LogP contribution is -2.37. The zero-order chi connectivity index (χ0) is 17.5. The van der Waals surface area contributed by atoms with Crippen molar-refractivity contribution >= 4 is 18.0 Å². The van der Waals surface area contributed by atoms with Gasteiger partial charge in [-0.2, -0.15) is 5.10 Å². The Morgan fingerprint density at radius 1 is 1.42 bits per heavy atom. The fourth-order valence-electron chi connectivity index (χ4n) is 1.79. The molecule has 0 fully saturated rings. The van der Waals surface area contributed by atoms with Gasteiger partial charge in [-0.15, -0.1) is 0 Å². The van der Waals surface area contributed by atoms with E-state index in [0.717, 1.165) is 6.21 Å². The van der Waals surface area contributed by atoms with Crippen LogP contribution in [0.15, 0.2) is 34.1 Å². The van der Waals surface area contributed by atoms with Gasteiger partial charge in [-0.3, -0.25) is 14.6 Å². The Labute approximate surface area is 137 Å². The minimum atomic E-state index is -0.978. The van der Waals surface area contributed by atoms with Crippen molar-refractivity contribution in [1.82, 2.24) is 15.7 Å². The monoisotopic (exact) mass is 332 g/mol. The summed E-state index contributed by atoms with van der Waals surface area (Å²) in [5.74, 6) is -1.53. The number of aliphatic hydroxyl groups is 1. The second kappa shape index (κ2) is 7.88. The van der Waals surface area contributed by atoms with Gasteiger partial charge in [0.05, 0.1) is 31.3 Å². The number of carbonyl (C=O) groups excluding carboxylic acids is 2. The first-order chi connectivity index (χ1) is 11.5. The third kappa shape index (κ3) is 4.17. The summed E-state index contributed by atoms with van der Waals surface area (Å²) >= 11 is 0. The highest BCUT2D eigenvalue weighted by atomic mass is 16.3. The Kier molecular flexibility index (Phi) is 5.63.